The van der Waals surface area contributed by atoms with Crippen molar-refractivity contribution in [1.82, 2.24) is 15.1 Å². The second-order valence-electron chi connectivity index (χ2n) is 8.80. The molecule has 0 spiro atoms. The van der Waals surface area contributed by atoms with Gasteiger partial charge in [0.1, 0.15) is 11.5 Å². The zero-order valence-electron chi connectivity index (χ0n) is 22.3. The van der Waals surface area contributed by atoms with Gasteiger partial charge in [0.25, 0.3) is 0 Å². The van der Waals surface area contributed by atoms with E-state index < -0.39 is 0 Å². The van der Waals surface area contributed by atoms with Crippen LogP contribution in [0.15, 0.2) is 91.0 Å². The Labute approximate surface area is 266 Å². The topological polar surface area (TPSA) is 46.2 Å². The number of hydrogen-bond acceptors (Lipinski definition) is 6. The van der Waals surface area contributed by atoms with E-state index in [0.29, 0.717) is 0 Å². The van der Waals surface area contributed by atoms with E-state index in [0.717, 1.165) is 62.4 Å². The van der Waals surface area contributed by atoms with Crippen molar-refractivity contribution in [3.63, 3.8) is 0 Å². The average molecular weight is 629 g/mol. The molecular formula is C29H36Cl3N3O3Ti. The monoisotopic (exact) mass is 627 g/mol. The first-order valence-electron chi connectivity index (χ1n) is 12.3. The van der Waals surface area contributed by atoms with Gasteiger partial charge >= 0.3 is 21.7 Å². The number of benzene rings is 3. The van der Waals surface area contributed by atoms with Gasteiger partial charge in [-0.05, 0) is 63.6 Å². The van der Waals surface area contributed by atoms with Crippen molar-refractivity contribution in [2.75, 3.05) is 33.7 Å². The minimum atomic E-state index is -0.125. The number of para-hydroxylation sites is 3. The van der Waals surface area contributed by atoms with E-state index in [1.165, 1.54) is 0 Å². The van der Waals surface area contributed by atoms with Gasteiger partial charge in [0.05, 0.1) is 5.75 Å². The molecule has 1 heterocycles. The number of hydrogen-bond donors (Lipinski definition) is 1. The third kappa shape index (κ3) is 12.7. The van der Waals surface area contributed by atoms with Crippen LogP contribution in [0.3, 0.4) is 0 Å². The van der Waals surface area contributed by atoms with Gasteiger partial charge in [-0.3, -0.25) is 10.2 Å². The van der Waals surface area contributed by atoms with Gasteiger partial charge in [-0.25, -0.2) is 0 Å². The van der Waals surface area contributed by atoms with Crippen molar-refractivity contribution >= 4 is 0 Å². The van der Waals surface area contributed by atoms with Crippen LogP contribution in [0.1, 0.15) is 19.3 Å². The van der Waals surface area contributed by atoms with Crippen molar-refractivity contribution in [2.45, 2.75) is 31.7 Å². The second kappa shape index (κ2) is 20.4. The molecule has 0 radical (unpaired) electrons. The molecule has 1 aliphatic rings. The van der Waals surface area contributed by atoms with Gasteiger partial charge in [0, 0.05) is 19.4 Å². The summed E-state index contributed by atoms with van der Waals surface area (Å²) in [6, 6.07) is 30.0. The van der Waals surface area contributed by atoms with E-state index in [4.69, 9.17) is 14.2 Å². The van der Waals surface area contributed by atoms with Crippen molar-refractivity contribution in [1.29, 1.82) is 0 Å². The van der Waals surface area contributed by atoms with Crippen LogP contribution in [0.25, 0.3) is 0 Å². The maximum atomic E-state index is 6.41. The van der Waals surface area contributed by atoms with Gasteiger partial charge in [-0.2, -0.15) is 0 Å². The van der Waals surface area contributed by atoms with E-state index >= 15 is 0 Å². The molecule has 1 aliphatic heterocycles. The first kappa shape index (κ1) is 37.5. The normalized spacial score (nSPS) is 19.2. The molecule has 4 rings (SSSR count). The van der Waals surface area contributed by atoms with Crippen molar-refractivity contribution < 1.29 is 73.1 Å². The summed E-state index contributed by atoms with van der Waals surface area (Å²) in [5.41, 5.74) is 0. The van der Waals surface area contributed by atoms with Crippen molar-refractivity contribution in [3.8, 4) is 17.2 Å². The Balaban J connectivity index is 0.00000361. The van der Waals surface area contributed by atoms with Gasteiger partial charge in [-0.15, -0.1) is 6.42 Å². The van der Waals surface area contributed by atoms with Crippen molar-refractivity contribution in [3.05, 3.63) is 97.2 Å². The Bertz CT molecular complexity index is 996. The van der Waals surface area contributed by atoms with Gasteiger partial charge in [0.2, 0.25) is 0 Å². The molecule has 6 nitrogen and oxygen atoms in total. The molecule has 3 aromatic carbocycles. The molecule has 0 saturated carbocycles. The van der Waals surface area contributed by atoms with Crippen LogP contribution in [-0.2, 0) is 21.7 Å². The Hall–Kier alpha value is -1.48. The average Bonchev–Trinajstić information content (AvgIpc) is 2.89. The molecule has 1 saturated heterocycles. The first-order valence-corrected chi connectivity index (χ1v) is 12.3. The quantitative estimate of drug-likeness (QED) is 0.222. The van der Waals surface area contributed by atoms with Crippen LogP contribution < -0.4 is 56.7 Å². The molecule has 1 fully saturated rings. The summed E-state index contributed by atoms with van der Waals surface area (Å²) in [6.45, 7) is 2.40. The molecule has 0 bridgehead atoms. The zero-order chi connectivity index (χ0) is 24.3. The predicted molar refractivity (Wildman–Crippen MR) is 139 cm³/mol. The molecule has 2 atom stereocenters. The number of nitrogens with zero attached hydrogens (tertiary/aromatic N) is 2. The molecule has 0 aromatic heterocycles. The van der Waals surface area contributed by atoms with E-state index in [2.05, 4.69) is 29.2 Å². The van der Waals surface area contributed by atoms with Crippen LogP contribution in [0.2, 0.25) is 0 Å². The summed E-state index contributed by atoms with van der Waals surface area (Å²) in [5.74, 6) is 2.57. The second-order valence-corrected chi connectivity index (χ2v) is 8.80. The SMILES string of the molecule is CN1CCC(Oc2ccccc2)N(C)CCC(Oc2ccccc2)NCC[C-]1Oc1ccccc1.[Cl-].[Cl-].[Cl-].[Ti+4]. The van der Waals surface area contributed by atoms with E-state index in [1.807, 2.05) is 91.0 Å². The summed E-state index contributed by atoms with van der Waals surface area (Å²) in [5, 5.41) is 3.59. The number of ether oxygens (including phenoxy) is 3. The fourth-order valence-electron chi connectivity index (χ4n) is 4.07. The largest absolute Gasteiger partial charge is 4.00 e. The molecular weight excluding hydrogens is 593 g/mol. The first-order chi connectivity index (χ1) is 17.2. The summed E-state index contributed by atoms with van der Waals surface area (Å²) in [4.78, 5) is 4.46. The maximum absolute atomic E-state index is 6.41. The number of halogens is 3. The molecule has 1 N–H and O–H groups in total. The van der Waals surface area contributed by atoms with E-state index in [1.54, 1.807) is 0 Å². The minimum Gasteiger partial charge on any atom is -1.00 e. The Kier molecular flexibility index (Phi) is 19.6. The Morgan fingerprint density at radius 2 is 1.21 bits per heavy atom. The van der Waals surface area contributed by atoms with Gasteiger partial charge < -0.3 is 56.3 Å². The zero-order valence-corrected chi connectivity index (χ0v) is 26.1. The molecule has 2 unspecified atom stereocenters. The van der Waals surface area contributed by atoms with Crippen LogP contribution in [0.4, 0.5) is 0 Å². The molecule has 0 aliphatic carbocycles. The molecule has 210 valence electrons. The van der Waals surface area contributed by atoms with Crippen LogP contribution in [0, 0.1) is 6.23 Å². The number of nitrogens with one attached hydrogen (secondary N) is 1. The van der Waals surface area contributed by atoms with Crippen molar-refractivity contribution in [2.24, 2.45) is 0 Å². The van der Waals surface area contributed by atoms with Gasteiger partial charge in [-0.1, -0.05) is 60.8 Å². The smallest absolute Gasteiger partial charge is 1.00 e. The Morgan fingerprint density at radius 3 is 1.77 bits per heavy atom. The fourth-order valence-corrected chi connectivity index (χ4v) is 4.07. The summed E-state index contributed by atoms with van der Waals surface area (Å²) in [7, 11) is 4.20. The van der Waals surface area contributed by atoms with Crippen LogP contribution >= 0.6 is 0 Å². The van der Waals surface area contributed by atoms with E-state index in [9.17, 15) is 0 Å². The molecule has 39 heavy (non-hydrogen) atoms. The minimum absolute atomic E-state index is 0. The van der Waals surface area contributed by atoms with Gasteiger partial charge in [0.15, 0.2) is 12.5 Å². The van der Waals surface area contributed by atoms with E-state index in [-0.39, 0.29) is 71.4 Å². The summed E-state index contributed by atoms with van der Waals surface area (Å²) in [6.07, 6.45) is 3.13. The molecule has 0 amide bonds. The molecule has 10 heteroatoms. The maximum Gasteiger partial charge on any atom is 4.00 e. The third-order valence-corrected chi connectivity index (χ3v) is 6.10. The summed E-state index contributed by atoms with van der Waals surface area (Å²) < 4.78 is 19.0. The standard InChI is InChI=1S/C29H36N3O3.3ClH.Ti/c1-31-22-19-27(33-24-12-6-3-7-13-24)30-21-18-28(34-25-14-8-4-9-15-25)32(2)23-20-29(31)35-26-16-10-5-11-17-26;;;;/h3-17,27,29-30H,18-23H2,1-2H3;3*1H;/q-1;;;;+4/p-3. The Morgan fingerprint density at radius 1 is 0.692 bits per heavy atom. The summed E-state index contributed by atoms with van der Waals surface area (Å²) >= 11 is 0. The predicted octanol–water partition coefficient (Wildman–Crippen LogP) is -3.99. The number of rotatable bonds is 6. The fraction of sp³-hybridized carbons (Fsp3) is 0.345. The van der Waals surface area contributed by atoms with Crippen LogP contribution in [0.5, 0.6) is 17.2 Å². The molecule has 3 aromatic rings. The van der Waals surface area contributed by atoms with Crippen LogP contribution in [-0.4, -0.2) is 56.0 Å². The third-order valence-electron chi connectivity index (χ3n) is 6.10.